The van der Waals surface area contributed by atoms with E-state index in [1.807, 2.05) is 13.0 Å². The fraction of sp³-hybridized carbons (Fsp3) is 0.364. The first-order valence-electron chi connectivity index (χ1n) is 4.68. The van der Waals surface area contributed by atoms with Gasteiger partial charge in [0, 0.05) is 5.25 Å². The monoisotopic (exact) mass is 228 g/mol. The van der Waals surface area contributed by atoms with E-state index in [1.54, 1.807) is 0 Å². The molecular weight excluding hydrogens is 212 g/mol. The van der Waals surface area contributed by atoms with Crippen LogP contribution in [0.15, 0.2) is 30.3 Å². The van der Waals surface area contributed by atoms with E-state index < -0.39 is 0 Å². The van der Waals surface area contributed by atoms with Gasteiger partial charge in [0.2, 0.25) is 0 Å². The summed E-state index contributed by atoms with van der Waals surface area (Å²) in [5.41, 5.74) is 1.32. The first-order chi connectivity index (χ1) is 6.74. The number of hydrogen-bond donors (Lipinski definition) is 2. The van der Waals surface area contributed by atoms with Gasteiger partial charge in [-0.05, 0) is 19.4 Å². The van der Waals surface area contributed by atoms with Crippen molar-refractivity contribution < 1.29 is 4.74 Å². The molecule has 1 nitrogen and oxygen atoms in total. The molecular formula is C11H16OS2. The van der Waals surface area contributed by atoms with Crippen LogP contribution in [0.5, 0.6) is 0 Å². The molecule has 1 atom stereocenters. The van der Waals surface area contributed by atoms with Gasteiger partial charge < -0.3 is 4.74 Å². The zero-order valence-corrected chi connectivity index (χ0v) is 10.3. The van der Waals surface area contributed by atoms with Crippen molar-refractivity contribution in [3.8, 4) is 0 Å². The first-order valence-corrected chi connectivity index (χ1v) is 6.09. The van der Waals surface area contributed by atoms with E-state index in [-0.39, 0.29) is 0 Å². The van der Waals surface area contributed by atoms with E-state index in [9.17, 15) is 0 Å². The van der Waals surface area contributed by atoms with Crippen LogP contribution in [0.25, 0.3) is 0 Å². The Morgan fingerprint density at radius 3 is 2.64 bits per heavy atom. The van der Waals surface area contributed by atoms with Gasteiger partial charge in [-0.3, -0.25) is 0 Å². The predicted molar refractivity (Wildman–Crippen MR) is 69.5 cm³/mol. The van der Waals surface area contributed by atoms with Gasteiger partial charge in [-0.15, -0.1) is 12.6 Å². The van der Waals surface area contributed by atoms with Crippen LogP contribution in [0.2, 0.25) is 0 Å². The summed E-state index contributed by atoms with van der Waals surface area (Å²) < 4.78 is 6.10. The zero-order valence-electron chi connectivity index (χ0n) is 8.47. The normalized spacial score (nSPS) is 14.6. The summed E-state index contributed by atoms with van der Waals surface area (Å²) in [4.78, 5) is 0. The summed E-state index contributed by atoms with van der Waals surface area (Å²) >= 11 is 5.41. The van der Waals surface area contributed by atoms with E-state index in [1.165, 1.54) is 5.56 Å². The maximum atomic E-state index is 5.30. The molecule has 0 aliphatic heterocycles. The first kappa shape index (κ1) is 11.8. The van der Waals surface area contributed by atoms with E-state index >= 15 is 0 Å². The summed E-state index contributed by atoms with van der Waals surface area (Å²) in [6.45, 7) is 4.83. The van der Waals surface area contributed by atoms with E-state index in [4.69, 9.17) is 4.74 Å². The topological polar surface area (TPSA) is 9.23 Å². The quantitative estimate of drug-likeness (QED) is 0.596. The van der Waals surface area contributed by atoms with Gasteiger partial charge in [-0.25, -0.2) is 0 Å². The molecule has 0 saturated carbocycles. The van der Waals surface area contributed by atoms with Crippen molar-refractivity contribution in [3.05, 3.63) is 35.9 Å². The summed E-state index contributed by atoms with van der Waals surface area (Å²) in [5, 5.41) is 0.440. The molecule has 0 fully saturated rings. The molecule has 1 unspecified atom stereocenters. The van der Waals surface area contributed by atoms with Gasteiger partial charge in [-0.2, -0.15) is 11.4 Å². The lowest BCUT2D eigenvalue weighted by Crippen LogP contribution is -1.95. The Bertz CT molecular complexity index is 295. The number of benzene rings is 1. The molecule has 0 radical (unpaired) electrons. The van der Waals surface area contributed by atoms with Crippen molar-refractivity contribution in [1.82, 2.24) is 0 Å². The molecule has 0 bridgehead atoms. The molecule has 0 spiro atoms. The summed E-state index contributed by atoms with van der Waals surface area (Å²) in [5.74, 6) is 0. The van der Waals surface area contributed by atoms with Gasteiger partial charge in [0.25, 0.3) is 0 Å². The van der Waals surface area contributed by atoms with Gasteiger partial charge in [0.15, 0.2) is 0 Å². The molecule has 0 aromatic heterocycles. The minimum atomic E-state index is 0.440. The molecule has 0 N–H and O–H groups in total. The summed E-state index contributed by atoms with van der Waals surface area (Å²) in [6, 6.07) is 10.4. The molecule has 0 amide bonds. The molecule has 0 aliphatic carbocycles. The molecule has 0 aliphatic rings. The third kappa shape index (κ3) is 3.86. The van der Waals surface area contributed by atoms with E-state index in [0.29, 0.717) is 11.9 Å². The smallest absolute Gasteiger partial charge is 0.128 e. The Hall–Kier alpha value is -0.250. The maximum absolute atomic E-state index is 5.30. The van der Waals surface area contributed by atoms with Crippen molar-refractivity contribution >= 4 is 28.4 Å². The third-order valence-corrected chi connectivity index (χ3v) is 3.37. The minimum absolute atomic E-state index is 0.440. The summed E-state index contributed by atoms with van der Waals surface area (Å²) in [7, 11) is 0. The highest BCUT2D eigenvalue weighted by molar-refractivity contribution is 8.17. The molecule has 3 heteroatoms. The third-order valence-electron chi connectivity index (χ3n) is 1.86. The molecule has 1 aromatic rings. The van der Waals surface area contributed by atoms with Crippen LogP contribution in [0, 0.1) is 0 Å². The second-order valence-electron chi connectivity index (χ2n) is 2.93. The van der Waals surface area contributed by atoms with Crippen LogP contribution in [0.4, 0.5) is 0 Å². The molecule has 14 heavy (non-hydrogen) atoms. The van der Waals surface area contributed by atoms with Gasteiger partial charge in [0.1, 0.15) is 4.38 Å². The van der Waals surface area contributed by atoms with E-state index in [2.05, 4.69) is 43.8 Å². The van der Waals surface area contributed by atoms with Crippen molar-refractivity contribution in [2.75, 3.05) is 6.61 Å². The second kappa shape index (κ2) is 6.27. The molecule has 0 heterocycles. The Balaban J connectivity index is 2.67. The van der Waals surface area contributed by atoms with Crippen LogP contribution in [0.1, 0.15) is 24.7 Å². The molecule has 0 saturated heterocycles. The van der Waals surface area contributed by atoms with Crippen LogP contribution >= 0.6 is 24.0 Å². The van der Waals surface area contributed by atoms with Crippen molar-refractivity contribution in [2.45, 2.75) is 19.1 Å². The Morgan fingerprint density at radius 1 is 1.43 bits per heavy atom. The van der Waals surface area contributed by atoms with Crippen LogP contribution in [-0.4, -0.2) is 11.0 Å². The molecule has 1 rings (SSSR count). The van der Waals surface area contributed by atoms with Gasteiger partial charge >= 0.3 is 0 Å². The SMILES string of the molecule is CCOC(S)=[SH]C(C)c1ccccc1. The highest BCUT2D eigenvalue weighted by atomic mass is 32.2. The number of rotatable bonds is 3. The number of thiol groups is 2. The molecule has 78 valence electrons. The lowest BCUT2D eigenvalue weighted by atomic mass is 10.2. The van der Waals surface area contributed by atoms with Crippen LogP contribution < -0.4 is 0 Å². The Morgan fingerprint density at radius 2 is 2.07 bits per heavy atom. The lowest BCUT2D eigenvalue weighted by molar-refractivity contribution is 0.346. The second-order valence-corrected chi connectivity index (χ2v) is 5.13. The largest absolute Gasteiger partial charge is 0.335 e. The highest BCUT2D eigenvalue weighted by Crippen LogP contribution is 2.23. The standard InChI is InChI=1S/C11H16OS2/c1-3-12-11(13)14-9(2)10-7-5-4-6-8-10/h4-9,13-14H,3H2,1-2H3. The Labute approximate surface area is 94.9 Å². The fourth-order valence-corrected chi connectivity index (χ4v) is 2.64. The highest BCUT2D eigenvalue weighted by Gasteiger charge is 2.01. The van der Waals surface area contributed by atoms with Gasteiger partial charge in [-0.1, -0.05) is 30.3 Å². The average molecular weight is 228 g/mol. The lowest BCUT2D eigenvalue weighted by Gasteiger charge is -2.08. The number of hydrogen-bond acceptors (Lipinski definition) is 1. The maximum Gasteiger partial charge on any atom is 0.128 e. The van der Waals surface area contributed by atoms with Crippen molar-refractivity contribution in [3.63, 3.8) is 0 Å². The minimum Gasteiger partial charge on any atom is -0.335 e. The summed E-state index contributed by atoms with van der Waals surface area (Å²) in [6.07, 6.45) is 0. The number of ether oxygens (including phenoxy) is 1. The molecule has 1 aromatic carbocycles. The van der Waals surface area contributed by atoms with E-state index in [0.717, 1.165) is 15.7 Å². The Kier molecular flexibility index (Phi) is 5.30. The fourth-order valence-electron chi connectivity index (χ4n) is 1.14. The van der Waals surface area contributed by atoms with Crippen LogP contribution in [-0.2, 0) is 4.74 Å². The van der Waals surface area contributed by atoms with Crippen molar-refractivity contribution in [1.29, 1.82) is 0 Å². The average Bonchev–Trinajstić information content (AvgIpc) is 2.19. The van der Waals surface area contributed by atoms with Gasteiger partial charge in [0.05, 0.1) is 6.61 Å². The predicted octanol–water partition coefficient (Wildman–Crippen LogP) is 3.27. The van der Waals surface area contributed by atoms with Crippen LogP contribution in [0.3, 0.4) is 0 Å². The zero-order chi connectivity index (χ0) is 10.4. The van der Waals surface area contributed by atoms with Crippen molar-refractivity contribution in [2.24, 2.45) is 0 Å².